The van der Waals surface area contributed by atoms with Gasteiger partial charge in [-0.1, -0.05) is 18.2 Å². The number of hydrogen-bond acceptors (Lipinski definition) is 4. The zero-order valence-electron chi connectivity index (χ0n) is 15.0. The number of imidazole rings is 1. The van der Waals surface area contributed by atoms with E-state index in [1.165, 1.54) is 17.8 Å². The molecule has 0 spiro atoms. The monoisotopic (exact) mass is 396 g/mol. The molecule has 0 fully saturated rings. The molecule has 2 aromatic carbocycles. The minimum absolute atomic E-state index is 0.104. The van der Waals surface area contributed by atoms with Crippen LogP contribution in [0.4, 0.5) is 10.1 Å². The number of carbonyl (C=O) groups is 2. The third-order valence-electron chi connectivity index (χ3n) is 4.48. The van der Waals surface area contributed by atoms with Crippen LogP contribution in [-0.4, -0.2) is 27.1 Å². The number of halogens is 1. The Balaban J connectivity index is 1.67. The summed E-state index contributed by atoms with van der Waals surface area (Å²) in [4.78, 5) is 29.7. The lowest BCUT2D eigenvalue weighted by atomic mass is 10.0. The molecule has 1 atom stereocenters. The van der Waals surface area contributed by atoms with Crippen molar-refractivity contribution >= 4 is 29.3 Å². The number of anilines is 1. The highest BCUT2D eigenvalue weighted by atomic mass is 32.2. The molecule has 4 rings (SSSR count). The molecule has 2 heterocycles. The molecule has 2 N–H and O–H groups in total. The number of hydrogen-bond donors (Lipinski definition) is 2. The van der Waals surface area contributed by atoms with E-state index in [-0.39, 0.29) is 11.8 Å². The van der Waals surface area contributed by atoms with Crippen molar-refractivity contribution in [2.24, 2.45) is 7.05 Å². The maximum atomic E-state index is 14.4. The topological polar surface area (TPSA) is 76.0 Å². The molecule has 1 aromatic heterocycles. The highest BCUT2D eigenvalue weighted by molar-refractivity contribution is 8.00. The lowest BCUT2D eigenvalue weighted by Crippen LogP contribution is -2.32. The average Bonchev–Trinajstić information content (AvgIpc) is 3.11. The van der Waals surface area contributed by atoms with Crippen molar-refractivity contribution in [1.82, 2.24) is 14.9 Å². The molecule has 0 saturated carbocycles. The van der Waals surface area contributed by atoms with Gasteiger partial charge in [0, 0.05) is 35.5 Å². The Kier molecular flexibility index (Phi) is 4.87. The van der Waals surface area contributed by atoms with E-state index in [1.807, 2.05) is 0 Å². The predicted octanol–water partition coefficient (Wildman–Crippen LogP) is 3.12. The smallest absolute Gasteiger partial charge is 0.252 e. The first-order valence-electron chi connectivity index (χ1n) is 8.62. The van der Waals surface area contributed by atoms with E-state index in [4.69, 9.17) is 0 Å². The van der Waals surface area contributed by atoms with Gasteiger partial charge in [-0.3, -0.25) is 9.59 Å². The minimum atomic E-state index is -0.756. The minimum Gasteiger partial charge on any atom is -0.338 e. The Morgan fingerprint density at radius 3 is 2.89 bits per heavy atom. The van der Waals surface area contributed by atoms with Crippen molar-refractivity contribution in [1.29, 1.82) is 0 Å². The summed E-state index contributed by atoms with van der Waals surface area (Å²) in [5.74, 6) is -0.0473. The highest BCUT2D eigenvalue weighted by Gasteiger charge is 2.25. The molecule has 1 aliphatic rings. The fraction of sp³-hybridized carbons (Fsp3) is 0.150. The van der Waals surface area contributed by atoms with Gasteiger partial charge in [0.05, 0.1) is 11.4 Å². The Labute approximate surface area is 165 Å². The molecule has 2 amide bonds. The first-order valence-corrected chi connectivity index (χ1v) is 9.60. The molecule has 8 heteroatoms. The molecule has 0 saturated heterocycles. The van der Waals surface area contributed by atoms with Gasteiger partial charge >= 0.3 is 0 Å². The number of carbonyl (C=O) groups excluding carboxylic acids is 2. The first-order chi connectivity index (χ1) is 13.5. The van der Waals surface area contributed by atoms with Crippen molar-refractivity contribution in [2.45, 2.75) is 10.9 Å². The van der Waals surface area contributed by atoms with E-state index < -0.39 is 11.9 Å². The van der Waals surface area contributed by atoms with Crippen molar-refractivity contribution in [3.8, 4) is 0 Å². The molecule has 1 aliphatic heterocycles. The molecule has 28 heavy (non-hydrogen) atoms. The number of aryl methyl sites for hydroxylation is 1. The fourth-order valence-corrected chi connectivity index (χ4v) is 3.87. The van der Waals surface area contributed by atoms with Crippen molar-refractivity contribution in [3.63, 3.8) is 0 Å². The molecular formula is C20H17FN4O2S. The Morgan fingerprint density at radius 2 is 2.14 bits per heavy atom. The number of benzene rings is 2. The molecule has 6 nitrogen and oxygen atoms in total. The van der Waals surface area contributed by atoms with Gasteiger partial charge < -0.3 is 15.2 Å². The van der Waals surface area contributed by atoms with E-state index in [0.29, 0.717) is 28.4 Å². The van der Waals surface area contributed by atoms with E-state index in [2.05, 4.69) is 15.6 Å². The Morgan fingerprint density at radius 1 is 1.32 bits per heavy atom. The van der Waals surface area contributed by atoms with Gasteiger partial charge in [0.1, 0.15) is 17.7 Å². The van der Waals surface area contributed by atoms with Gasteiger partial charge in [-0.15, -0.1) is 11.8 Å². The molecule has 1 unspecified atom stereocenters. The highest BCUT2D eigenvalue weighted by Crippen LogP contribution is 2.32. The van der Waals surface area contributed by atoms with E-state index in [9.17, 15) is 14.0 Å². The van der Waals surface area contributed by atoms with Gasteiger partial charge in [-0.05, 0) is 24.3 Å². The summed E-state index contributed by atoms with van der Waals surface area (Å²) in [6, 6.07) is 10.6. The fourth-order valence-electron chi connectivity index (χ4n) is 3.08. The van der Waals surface area contributed by atoms with Crippen LogP contribution in [0, 0.1) is 5.82 Å². The van der Waals surface area contributed by atoms with Crippen molar-refractivity contribution in [2.75, 3.05) is 11.1 Å². The summed E-state index contributed by atoms with van der Waals surface area (Å²) in [6.07, 6.45) is 3.34. The molecule has 142 valence electrons. The summed E-state index contributed by atoms with van der Waals surface area (Å²) < 4.78 is 16.2. The van der Waals surface area contributed by atoms with E-state index in [1.54, 1.807) is 60.4 Å². The number of nitrogens with zero attached hydrogens (tertiary/aromatic N) is 2. The second-order valence-corrected chi connectivity index (χ2v) is 7.39. The van der Waals surface area contributed by atoms with Crippen LogP contribution in [0.1, 0.15) is 27.8 Å². The Bertz CT molecular complexity index is 1070. The third-order valence-corrected chi connectivity index (χ3v) is 5.56. The molecular weight excluding hydrogens is 379 g/mol. The largest absolute Gasteiger partial charge is 0.338 e. The molecule has 3 aromatic rings. The van der Waals surface area contributed by atoms with Crippen LogP contribution in [-0.2, 0) is 11.8 Å². The van der Waals surface area contributed by atoms with Gasteiger partial charge in [0.2, 0.25) is 5.91 Å². The van der Waals surface area contributed by atoms with E-state index in [0.717, 1.165) is 4.90 Å². The van der Waals surface area contributed by atoms with Crippen LogP contribution >= 0.6 is 11.8 Å². The summed E-state index contributed by atoms with van der Waals surface area (Å²) in [5.41, 5.74) is 1.30. The number of fused-ring (bicyclic) bond motifs is 1. The third kappa shape index (κ3) is 3.50. The van der Waals surface area contributed by atoms with Gasteiger partial charge in [0.25, 0.3) is 5.91 Å². The van der Waals surface area contributed by atoms with Crippen LogP contribution in [0.5, 0.6) is 0 Å². The van der Waals surface area contributed by atoms with Crippen LogP contribution < -0.4 is 10.6 Å². The van der Waals surface area contributed by atoms with Crippen LogP contribution in [0.15, 0.2) is 59.8 Å². The normalized spacial score (nSPS) is 14.1. The number of amides is 2. The predicted molar refractivity (Wildman–Crippen MR) is 105 cm³/mol. The SMILES string of the molecule is Cn1ccnc1C(NC(=O)c1ccc2c(c1)NC(=O)CS2)c1ccccc1F. The van der Waals surface area contributed by atoms with Gasteiger partial charge in [0.15, 0.2) is 0 Å². The van der Waals surface area contributed by atoms with Gasteiger partial charge in [-0.2, -0.15) is 0 Å². The zero-order chi connectivity index (χ0) is 19.7. The maximum absolute atomic E-state index is 14.4. The zero-order valence-corrected chi connectivity index (χ0v) is 15.8. The van der Waals surface area contributed by atoms with Crippen LogP contribution in [0.25, 0.3) is 0 Å². The Hall–Kier alpha value is -3.13. The lowest BCUT2D eigenvalue weighted by Gasteiger charge is -2.21. The number of thioether (sulfide) groups is 1. The number of nitrogens with one attached hydrogen (secondary N) is 2. The van der Waals surface area contributed by atoms with Gasteiger partial charge in [-0.25, -0.2) is 9.37 Å². The lowest BCUT2D eigenvalue weighted by molar-refractivity contribution is -0.113. The molecule has 0 aliphatic carbocycles. The van der Waals surface area contributed by atoms with Crippen molar-refractivity contribution in [3.05, 3.63) is 77.6 Å². The molecule has 0 bridgehead atoms. The quantitative estimate of drug-likeness (QED) is 0.711. The van der Waals surface area contributed by atoms with Crippen molar-refractivity contribution < 1.29 is 14.0 Å². The standard InChI is InChI=1S/C20H17FN4O2S/c1-25-9-8-22-19(25)18(13-4-2-3-5-14(13)21)24-20(27)12-6-7-16-15(10-12)23-17(26)11-28-16/h2-10,18H,11H2,1H3,(H,23,26)(H,24,27). The second-order valence-electron chi connectivity index (χ2n) is 6.37. The van der Waals surface area contributed by atoms with E-state index >= 15 is 0 Å². The summed E-state index contributed by atoms with van der Waals surface area (Å²) in [6.45, 7) is 0. The first kappa shape index (κ1) is 18.2. The van der Waals surface area contributed by atoms with Crippen LogP contribution in [0.2, 0.25) is 0 Å². The maximum Gasteiger partial charge on any atom is 0.252 e. The molecule has 0 radical (unpaired) electrons. The number of rotatable bonds is 4. The summed E-state index contributed by atoms with van der Waals surface area (Å²) in [5, 5.41) is 5.64. The summed E-state index contributed by atoms with van der Waals surface area (Å²) in [7, 11) is 1.79. The van der Waals surface area contributed by atoms with Crippen LogP contribution in [0.3, 0.4) is 0 Å². The average molecular weight is 396 g/mol. The number of aromatic nitrogens is 2. The summed E-state index contributed by atoms with van der Waals surface area (Å²) >= 11 is 1.42. The second kappa shape index (κ2) is 7.47.